The standard InChI is InChI=1S/C12H11Cl2NO/c13-10-4-3-8(5-11(10)14)9(6-15)12(16)7-1-2-7/h3-5,7,9,12,16H,1-2H2. The van der Waals surface area contributed by atoms with Gasteiger partial charge in [-0.2, -0.15) is 5.26 Å². The Bertz CT molecular complexity index is 437. The van der Waals surface area contributed by atoms with Crippen LogP contribution in [0.2, 0.25) is 10.0 Å². The molecule has 16 heavy (non-hydrogen) atoms. The quantitative estimate of drug-likeness (QED) is 0.900. The summed E-state index contributed by atoms with van der Waals surface area (Å²) in [7, 11) is 0. The second kappa shape index (κ2) is 4.63. The van der Waals surface area contributed by atoms with Gasteiger partial charge in [-0.1, -0.05) is 29.3 Å². The Morgan fingerprint density at radius 1 is 1.31 bits per heavy atom. The summed E-state index contributed by atoms with van der Waals surface area (Å²) in [6.07, 6.45) is 1.41. The maximum absolute atomic E-state index is 9.96. The Morgan fingerprint density at radius 3 is 2.50 bits per heavy atom. The first kappa shape index (κ1) is 11.7. The lowest BCUT2D eigenvalue weighted by Gasteiger charge is -2.16. The Kier molecular flexibility index (Phi) is 3.39. The predicted octanol–water partition coefficient (Wildman–Crippen LogP) is 3.37. The van der Waals surface area contributed by atoms with Gasteiger partial charge >= 0.3 is 0 Å². The van der Waals surface area contributed by atoms with Crippen LogP contribution in [0.3, 0.4) is 0 Å². The SMILES string of the molecule is N#CC(c1ccc(Cl)c(Cl)c1)C(O)C1CC1. The van der Waals surface area contributed by atoms with Gasteiger partial charge in [0.05, 0.1) is 28.1 Å². The molecule has 2 unspecified atom stereocenters. The van der Waals surface area contributed by atoms with Gasteiger partial charge in [-0.15, -0.1) is 0 Å². The largest absolute Gasteiger partial charge is 0.391 e. The van der Waals surface area contributed by atoms with Gasteiger partial charge in [0.2, 0.25) is 0 Å². The zero-order chi connectivity index (χ0) is 11.7. The van der Waals surface area contributed by atoms with E-state index in [0.717, 1.165) is 18.4 Å². The van der Waals surface area contributed by atoms with Crippen molar-refractivity contribution in [2.45, 2.75) is 24.9 Å². The molecule has 0 heterocycles. The first-order valence-electron chi connectivity index (χ1n) is 5.16. The minimum atomic E-state index is -0.595. The number of hydrogen-bond acceptors (Lipinski definition) is 2. The number of aliphatic hydroxyl groups excluding tert-OH is 1. The van der Waals surface area contributed by atoms with Crippen molar-refractivity contribution in [1.82, 2.24) is 0 Å². The fourth-order valence-corrected chi connectivity index (χ4v) is 2.07. The Balaban J connectivity index is 2.26. The molecule has 0 aliphatic heterocycles. The fraction of sp³-hybridized carbons (Fsp3) is 0.417. The van der Waals surface area contributed by atoms with Gasteiger partial charge < -0.3 is 5.11 Å². The molecule has 84 valence electrons. The molecule has 4 heteroatoms. The molecule has 1 N–H and O–H groups in total. The number of rotatable bonds is 3. The van der Waals surface area contributed by atoms with Gasteiger partial charge in [-0.25, -0.2) is 0 Å². The zero-order valence-corrected chi connectivity index (χ0v) is 10.0. The van der Waals surface area contributed by atoms with Gasteiger partial charge in [-0.05, 0) is 36.5 Å². The molecule has 2 rings (SSSR count). The van der Waals surface area contributed by atoms with Gasteiger partial charge in [0.15, 0.2) is 0 Å². The predicted molar refractivity (Wildman–Crippen MR) is 63.5 cm³/mol. The van der Waals surface area contributed by atoms with Crippen LogP contribution in [0.15, 0.2) is 18.2 Å². The van der Waals surface area contributed by atoms with E-state index >= 15 is 0 Å². The number of benzene rings is 1. The van der Waals surface area contributed by atoms with E-state index < -0.39 is 12.0 Å². The van der Waals surface area contributed by atoms with Crippen LogP contribution in [0.5, 0.6) is 0 Å². The number of halogens is 2. The molecule has 0 saturated heterocycles. The van der Waals surface area contributed by atoms with Crippen LogP contribution in [0.25, 0.3) is 0 Å². The van der Waals surface area contributed by atoms with E-state index in [1.54, 1.807) is 18.2 Å². The zero-order valence-electron chi connectivity index (χ0n) is 8.53. The average Bonchev–Trinajstić information content (AvgIpc) is 3.07. The number of nitriles is 1. The van der Waals surface area contributed by atoms with Crippen molar-refractivity contribution in [2.75, 3.05) is 0 Å². The van der Waals surface area contributed by atoms with E-state index in [4.69, 9.17) is 28.5 Å². The summed E-state index contributed by atoms with van der Waals surface area (Å²) in [4.78, 5) is 0. The van der Waals surface area contributed by atoms with E-state index in [1.165, 1.54) is 0 Å². The summed E-state index contributed by atoms with van der Waals surface area (Å²) in [6, 6.07) is 7.19. The lowest BCUT2D eigenvalue weighted by atomic mass is 9.92. The second-order valence-corrected chi connectivity index (χ2v) is 4.92. The molecule has 0 bridgehead atoms. The van der Waals surface area contributed by atoms with Crippen LogP contribution in [-0.2, 0) is 0 Å². The molecule has 1 aliphatic rings. The highest BCUT2D eigenvalue weighted by Crippen LogP contribution is 2.39. The van der Waals surface area contributed by atoms with Crippen molar-refractivity contribution in [3.63, 3.8) is 0 Å². The normalized spacial score (nSPS) is 18.9. The molecule has 1 aromatic rings. The Morgan fingerprint density at radius 2 is 2.00 bits per heavy atom. The summed E-state index contributed by atoms with van der Waals surface area (Å²) < 4.78 is 0. The molecular formula is C12H11Cl2NO. The molecular weight excluding hydrogens is 245 g/mol. The van der Waals surface area contributed by atoms with Crippen LogP contribution in [0.1, 0.15) is 24.3 Å². The van der Waals surface area contributed by atoms with E-state index in [-0.39, 0.29) is 5.92 Å². The topological polar surface area (TPSA) is 44.0 Å². The molecule has 2 nitrogen and oxygen atoms in total. The highest BCUT2D eigenvalue weighted by atomic mass is 35.5. The molecule has 2 atom stereocenters. The lowest BCUT2D eigenvalue weighted by Crippen LogP contribution is -2.19. The molecule has 1 saturated carbocycles. The van der Waals surface area contributed by atoms with Crippen LogP contribution >= 0.6 is 23.2 Å². The number of aliphatic hydroxyl groups is 1. The third-order valence-electron chi connectivity index (χ3n) is 2.89. The highest BCUT2D eigenvalue weighted by molar-refractivity contribution is 6.42. The molecule has 0 spiro atoms. The maximum atomic E-state index is 9.96. The third kappa shape index (κ3) is 2.32. The third-order valence-corrected chi connectivity index (χ3v) is 3.63. The molecule has 1 aromatic carbocycles. The minimum Gasteiger partial charge on any atom is -0.391 e. The van der Waals surface area contributed by atoms with E-state index in [1.807, 2.05) is 0 Å². The van der Waals surface area contributed by atoms with E-state index in [9.17, 15) is 5.11 Å². The average molecular weight is 256 g/mol. The number of nitrogens with zero attached hydrogens (tertiary/aromatic N) is 1. The fourth-order valence-electron chi connectivity index (χ4n) is 1.76. The molecule has 0 aromatic heterocycles. The number of hydrogen-bond donors (Lipinski definition) is 1. The summed E-state index contributed by atoms with van der Waals surface area (Å²) in [5.41, 5.74) is 0.733. The molecule has 0 radical (unpaired) electrons. The van der Waals surface area contributed by atoms with Crippen LogP contribution in [-0.4, -0.2) is 11.2 Å². The van der Waals surface area contributed by atoms with Crippen molar-refractivity contribution in [1.29, 1.82) is 5.26 Å². The summed E-state index contributed by atoms with van der Waals surface area (Å²) in [5, 5.41) is 19.9. The summed E-state index contributed by atoms with van der Waals surface area (Å²) >= 11 is 11.7. The van der Waals surface area contributed by atoms with E-state index in [2.05, 4.69) is 6.07 Å². The van der Waals surface area contributed by atoms with Crippen molar-refractivity contribution < 1.29 is 5.11 Å². The monoisotopic (exact) mass is 255 g/mol. The molecule has 1 aliphatic carbocycles. The first-order chi connectivity index (χ1) is 7.63. The Hall–Kier alpha value is -0.750. The van der Waals surface area contributed by atoms with Crippen LogP contribution in [0.4, 0.5) is 0 Å². The minimum absolute atomic E-state index is 0.263. The van der Waals surface area contributed by atoms with Gasteiger partial charge in [0.25, 0.3) is 0 Å². The van der Waals surface area contributed by atoms with Crippen molar-refractivity contribution in [2.24, 2.45) is 5.92 Å². The van der Waals surface area contributed by atoms with Crippen molar-refractivity contribution in [3.8, 4) is 6.07 Å². The smallest absolute Gasteiger partial charge is 0.0975 e. The lowest BCUT2D eigenvalue weighted by molar-refractivity contribution is 0.138. The van der Waals surface area contributed by atoms with Crippen molar-refractivity contribution in [3.05, 3.63) is 33.8 Å². The van der Waals surface area contributed by atoms with Crippen LogP contribution in [0, 0.1) is 17.2 Å². The van der Waals surface area contributed by atoms with E-state index in [0.29, 0.717) is 10.0 Å². The van der Waals surface area contributed by atoms with Gasteiger partial charge in [0, 0.05) is 0 Å². The summed E-state index contributed by atoms with van der Waals surface area (Å²) in [6.45, 7) is 0. The molecule has 0 amide bonds. The van der Waals surface area contributed by atoms with Gasteiger partial charge in [0.1, 0.15) is 0 Å². The maximum Gasteiger partial charge on any atom is 0.0975 e. The molecule has 1 fully saturated rings. The van der Waals surface area contributed by atoms with Crippen molar-refractivity contribution >= 4 is 23.2 Å². The van der Waals surface area contributed by atoms with Gasteiger partial charge in [-0.3, -0.25) is 0 Å². The first-order valence-corrected chi connectivity index (χ1v) is 5.91. The summed E-state index contributed by atoms with van der Waals surface area (Å²) in [5.74, 6) is -0.249. The highest BCUT2D eigenvalue weighted by Gasteiger charge is 2.36. The second-order valence-electron chi connectivity index (χ2n) is 4.11. The van der Waals surface area contributed by atoms with Crippen LogP contribution < -0.4 is 0 Å². The Labute approximate surface area is 104 Å².